The fraction of sp³-hybridized carbons (Fsp3) is 0.867. The summed E-state index contributed by atoms with van der Waals surface area (Å²) >= 11 is 0. The Morgan fingerprint density at radius 2 is 1.85 bits per heavy atom. The summed E-state index contributed by atoms with van der Waals surface area (Å²) in [5.74, 6) is -0.657. The molecule has 1 spiro atoms. The molecule has 2 aliphatic rings. The molecule has 5 nitrogen and oxygen atoms in total. The first-order valence-electron chi connectivity index (χ1n) is 7.62. The number of carbonyl (C=O) groups is 2. The van der Waals surface area contributed by atoms with Crippen LogP contribution in [-0.2, 0) is 9.59 Å². The molecule has 1 aliphatic carbocycles. The molecule has 2 fully saturated rings. The van der Waals surface area contributed by atoms with E-state index >= 15 is 0 Å². The van der Waals surface area contributed by atoms with Gasteiger partial charge in [-0.25, -0.2) is 0 Å². The number of likely N-dealkylation sites (tertiary alicyclic amines) is 1. The van der Waals surface area contributed by atoms with Gasteiger partial charge in [-0.05, 0) is 43.4 Å². The van der Waals surface area contributed by atoms with Crippen LogP contribution in [0.25, 0.3) is 0 Å². The summed E-state index contributed by atoms with van der Waals surface area (Å²) in [5.41, 5.74) is 6.10. The predicted octanol–water partition coefficient (Wildman–Crippen LogP) is 1.46. The van der Waals surface area contributed by atoms with Crippen molar-refractivity contribution in [3.8, 4) is 0 Å². The SMILES string of the molecule is CC(C)[C@H](N)C(=O)N1CCC2(CCC(C(=O)O)CC2)C1. The number of carboxylic acid groups (broad SMARTS) is 1. The Bertz CT molecular complexity index is 387. The number of nitrogens with zero attached hydrogens (tertiary/aromatic N) is 1. The van der Waals surface area contributed by atoms with E-state index in [0.29, 0.717) is 0 Å². The highest BCUT2D eigenvalue weighted by molar-refractivity contribution is 5.82. The Kier molecular flexibility index (Phi) is 4.37. The highest BCUT2D eigenvalue weighted by atomic mass is 16.4. The summed E-state index contributed by atoms with van der Waals surface area (Å²) in [6, 6.07) is -0.416. The third-order valence-electron chi connectivity index (χ3n) is 5.15. The third kappa shape index (κ3) is 2.97. The van der Waals surface area contributed by atoms with Crippen molar-refractivity contribution in [2.24, 2.45) is 23.0 Å². The average Bonchev–Trinajstić information content (AvgIpc) is 2.81. The van der Waals surface area contributed by atoms with Gasteiger partial charge in [-0.3, -0.25) is 9.59 Å². The molecule has 114 valence electrons. The lowest BCUT2D eigenvalue weighted by Crippen LogP contribution is -2.46. The summed E-state index contributed by atoms with van der Waals surface area (Å²) in [7, 11) is 0. The maximum absolute atomic E-state index is 12.3. The van der Waals surface area contributed by atoms with Gasteiger partial charge in [0.1, 0.15) is 0 Å². The van der Waals surface area contributed by atoms with E-state index in [9.17, 15) is 9.59 Å². The van der Waals surface area contributed by atoms with Crippen molar-refractivity contribution in [2.75, 3.05) is 13.1 Å². The van der Waals surface area contributed by atoms with Crippen molar-refractivity contribution < 1.29 is 14.7 Å². The van der Waals surface area contributed by atoms with Crippen LogP contribution in [0.1, 0.15) is 46.0 Å². The van der Waals surface area contributed by atoms with Gasteiger partial charge in [0.2, 0.25) is 5.91 Å². The van der Waals surface area contributed by atoms with Crippen LogP contribution in [0.3, 0.4) is 0 Å². The number of rotatable bonds is 3. The van der Waals surface area contributed by atoms with Crippen molar-refractivity contribution in [1.82, 2.24) is 4.90 Å². The van der Waals surface area contributed by atoms with Crippen LogP contribution in [0.4, 0.5) is 0 Å². The molecule has 0 unspecified atom stereocenters. The number of amides is 1. The standard InChI is InChI=1S/C15H26N2O3/c1-10(2)12(16)13(18)17-8-7-15(9-17)5-3-11(4-6-15)14(19)20/h10-12H,3-9,16H2,1-2H3,(H,19,20)/t11?,12-,15?/m0/s1. The molecule has 1 heterocycles. The summed E-state index contributed by atoms with van der Waals surface area (Å²) < 4.78 is 0. The van der Waals surface area contributed by atoms with Gasteiger partial charge in [0.05, 0.1) is 12.0 Å². The van der Waals surface area contributed by atoms with E-state index in [1.54, 1.807) is 0 Å². The Morgan fingerprint density at radius 1 is 1.25 bits per heavy atom. The first-order chi connectivity index (χ1) is 9.34. The molecular weight excluding hydrogens is 256 g/mol. The zero-order valence-corrected chi connectivity index (χ0v) is 12.5. The number of nitrogens with two attached hydrogens (primary N) is 1. The quantitative estimate of drug-likeness (QED) is 0.821. The van der Waals surface area contributed by atoms with Crippen LogP contribution in [0.15, 0.2) is 0 Å². The number of aliphatic carboxylic acids is 1. The van der Waals surface area contributed by atoms with Gasteiger partial charge < -0.3 is 15.7 Å². The summed E-state index contributed by atoms with van der Waals surface area (Å²) in [5, 5.41) is 9.06. The second-order valence-corrected chi connectivity index (χ2v) is 6.89. The van der Waals surface area contributed by atoms with Crippen molar-refractivity contribution in [3.63, 3.8) is 0 Å². The van der Waals surface area contributed by atoms with E-state index in [-0.39, 0.29) is 23.2 Å². The zero-order valence-electron chi connectivity index (χ0n) is 12.5. The molecule has 1 saturated heterocycles. The smallest absolute Gasteiger partial charge is 0.306 e. The molecule has 5 heteroatoms. The Hall–Kier alpha value is -1.10. The molecule has 1 saturated carbocycles. The number of carboxylic acids is 1. The number of carbonyl (C=O) groups excluding carboxylic acids is 1. The number of hydrogen-bond donors (Lipinski definition) is 2. The maximum Gasteiger partial charge on any atom is 0.306 e. The van der Waals surface area contributed by atoms with Crippen LogP contribution in [0, 0.1) is 17.3 Å². The topological polar surface area (TPSA) is 83.6 Å². The van der Waals surface area contributed by atoms with Crippen LogP contribution in [0.2, 0.25) is 0 Å². The summed E-state index contributed by atoms with van der Waals surface area (Å²) in [6.45, 7) is 5.47. The van der Waals surface area contributed by atoms with E-state index in [4.69, 9.17) is 10.8 Å². The lowest BCUT2D eigenvalue weighted by Gasteiger charge is -2.36. The van der Waals surface area contributed by atoms with E-state index in [1.807, 2.05) is 18.7 Å². The minimum atomic E-state index is -0.674. The first kappa shape index (κ1) is 15.3. The van der Waals surface area contributed by atoms with Gasteiger partial charge in [-0.15, -0.1) is 0 Å². The molecule has 0 bridgehead atoms. The molecule has 0 aromatic rings. The maximum atomic E-state index is 12.3. The molecule has 1 atom stereocenters. The molecule has 0 aromatic carbocycles. The molecule has 20 heavy (non-hydrogen) atoms. The monoisotopic (exact) mass is 282 g/mol. The molecule has 0 radical (unpaired) electrons. The van der Waals surface area contributed by atoms with E-state index in [1.165, 1.54) is 0 Å². The second kappa shape index (κ2) is 5.72. The largest absolute Gasteiger partial charge is 0.481 e. The summed E-state index contributed by atoms with van der Waals surface area (Å²) in [6.07, 6.45) is 4.33. The van der Waals surface area contributed by atoms with Crippen LogP contribution in [0.5, 0.6) is 0 Å². The van der Waals surface area contributed by atoms with E-state index in [0.717, 1.165) is 45.2 Å². The predicted molar refractivity (Wildman–Crippen MR) is 76.0 cm³/mol. The van der Waals surface area contributed by atoms with Gasteiger partial charge >= 0.3 is 5.97 Å². The molecule has 2 rings (SSSR count). The number of hydrogen-bond acceptors (Lipinski definition) is 3. The van der Waals surface area contributed by atoms with Crippen molar-refractivity contribution in [3.05, 3.63) is 0 Å². The highest BCUT2D eigenvalue weighted by Crippen LogP contribution is 2.45. The second-order valence-electron chi connectivity index (χ2n) is 6.89. The van der Waals surface area contributed by atoms with Crippen LogP contribution >= 0.6 is 0 Å². The van der Waals surface area contributed by atoms with E-state index in [2.05, 4.69) is 0 Å². The summed E-state index contributed by atoms with van der Waals surface area (Å²) in [4.78, 5) is 25.2. The minimum Gasteiger partial charge on any atom is -0.481 e. The lowest BCUT2D eigenvalue weighted by atomic mass is 9.70. The van der Waals surface area contributed by atoms with Gasteiger partial charge in [-0.1, -0.05) is 13.8 Å². The van der Waals surface area contributed by atoms with Crippen LogP contribution < -0.4 is 5.73 Å². The van der Waals surface area contributed by atoms with Gasteiger partial charge in [0.15, 0.2) is 0 Å². The average molecular weight is 282 g/mol. The lowest BCUT2D eigenvalue weighted by molar-refractivity contribution is -0.144. The molecular formula is C15H26N2O3. The molecule has 0 aromatic heterocycles. The third-order valence-corrected chi connectivity index (χ3v) is 5.15. The van der Waals surface area contributed by atoms with Crippen molar-refractivity contribution >= 4 is 11.9 Å². The van der Waals surface area contributed by atoms with Gasteiger partial charge in [-0.2, -0.15) is 0 Å². The highest BCUT2D eigenvalue weighted by Gasteiger charge is 2.44. The van der Waals surface area contributed by atoms with Crippen molar-refractivity contribution in [1.29, 1.82) is 0 Å². The van der Waals surface area contributed by atoms with Crippen molar-refractivity contribution in [2.45, 2.75) is 52.0 Å². The van der Waals surface area contributed by atoms with Gasteiger partial charge in [0, 0.05) is 13.1 Å². The molecule has 1 amide bonds. The zero-order chi connectivity index (χ0) is 14.9. The van der Waals surface area contributed by atoms with Crippen LogP contribution in [-0.4, -0.2) is 41.0 Å². The van der Waals surface area contributed by atoms with E-state index < -0.39 is 12.0 Å². The fourth-order valence-electron chi connectivity index (χ4n) is 3.50. The minimum absolute atomic E-state index is 0.0530. The van der Waals surface area contributed by atoms with Gasteiger partial charge in [0.25, 0.3) is 0 Å². The first-order valence-corrected chi connectivity index (χ1v) is 7.62. The molecule has 1 aliphatic heterocycles. The normalized spacial score (nSPS) is 31.8. The Labute approximate surface area is 120 Å². The fourth-order valence-corrected chi connectivity index (χ4v) is 3.50. The Balaban J connectivity index is 1.93. The Morgan fingerprint density at radius 3 is 2.35 bits per heavy atom. The molecule has 3 N–H and O–H groups in total.